The molecule has 3 rings (SSSR count). The summed E-state index contributed by atoms with van der Waals surface area (Å²) in [6.45, 7) is 4.68. The first-order chi connectivity index (χ1) is 11.5. The Morgan fingerprint density at radius 3 is 2.50 bits per heavy atom. The minimum absolute atomic E-state index is 0.0317. The molecule has 5 heteroatoms. The number of aryl methyl sites for hydroxylation is 1. The topological polar surface area (TPSA) is 71.3 Å². The van der Waals surface area contributed by atoms with E-state index in [4.69, 9.17) is 5.11 Å². The highest BCUT2D eigenvalue weighted by molar-refractivity contribution is 5.96. The quantitative estimate of drug-likeness (QED) is 0.887. The zero-order chi connectivity index (χ0) is 17.3. The number of nitrogens with zero attached hydrogens (tertiary/aromatic N) is 1. The highest BCUT2D eigenvalue weighted by Gasteiger charge is 2.35. The van der Waals surface area contributed by atoms with Crippen molar-refractivity contribution < 1.29 is 14.7 Å². The van der Waals surface area contributed by atoms with E-state index in [9.17, 15) is 9.59 Å². The number of aromatic nitrogens is 1. The molecule has 1 aromatic carbocycles. The highest BCUT2D eigenvalue weighted by Crippen LogP contribution is 2.28. The molecule has 2 N–H and O–H groups in total. The molecule has 0 saturated heterocycles. The van der Waals surface area contributed by atoms with Crippen molar-refractivity contribution in [2.75, 3.05) is 0 Å². The molecule has 1 fully saturated rings. The monoisotopic (exact) mass is 326 g/mol. The van der Waals surface area contributed by atoms with E-state index >= 15 is 0 Å². The molecule has 1 aliphatic rings. The second-order valence-corrected chi connectivity index (χ2v) is 6.53. The van der Waals surface area contributed by atoms with E-state index in [0.29, 0.717) is 18.4 Å². The molecular weight excluding hydrogens is 304 g/mol. The lowest BCUT2D eigenvalue weighted by molar-refractivity contribution is -0.145. The first kappa shape index (κ1) is 16.3. The lowest BCUT2D eigenvalue weighted by atomic mass is 9.80. The van der Waals surface area contributed by atoms with Gasteiger partial charge in [0.1, 0.15) is 0 Å². The van der Waals surface area contributed by atoms with E-state index in [0.717, 1.165) is 17.9 Å². The Morgan fingerprint density at radius 1 is 1.21 bits per heavy atom. The Kier molecular flexibility index (Phi) is 4.42. The number of carbonyl (C=O) groups excluding carboxylic acids is 1. The second kappa shape index (κ2) is 6.51. The normalized spacial score (nSPS) is 19.6. The number of carbonyl (C=O) groups is 2. The summed E-state index contributed by atoms with van der Waals surface area (Å²) >= 11 is 0. The van der Waals surface area contributed by atoms with Gasteiger partial charge in [-0.2, -0.15) is 0 Å². The highest BCUT2D eigenvalue weighted by atomic mass is 16.4. The van der Waals surface area contributed by atoms with Gasteiger partial charge >= 0.3 is 5.97 Å². The van der Waals surface area contributed by atoms with Gasteiger partial charge in [-0.3, -0.25) is 9.59 Å². The molecule has 126 valence electrons. The maximum Gasteiger partial charge on any atom is 0.306 e. The summed E-state index contributed by atoms with van der Waals surface area (Å²) in [6, 6.07) is 12.0. The lowest BCUT2D eigenvalue weighted by Gasteiger charge is -2.32. The molecule has 1 aromatic heterocycles. The summed E-state index contributed by atoms with van der Waals surface area (Å²) in [5.74, 6) is -1.21. The minimum atomic E-state index is -0.776. The molecule has 0 spiro atoms. The van der Waals surface area contributed by atoms with Gasteiger partial charge in [0, 0.05) is 24.0 Å². The molecule has 24 heavy (non-hydrogen) atoms. The summed E-state index contributed by atoms with van der Waals surface area (Å²) < 4.78 is 2.13. The van der Waals surface area contributed by atoms with E-state index in [-0.39, 0.29) is 17.9 Å². The summed E-state index contributed by atoms with van der Waals surface area (Å²) in [5, 5.41) is 11.9. The molecule has 1 amide bonds. The Hall–Kier alpha value is -2.56. The summed E-state index contributed by atoms with van der Waals surface area (Å²) in [4.78, 5) is 23.3. The molecule has 0 radical (unpaired) electrons. The molecule has 2 aromatic rings. The number of hydrogen-bond donors (Lipinski definition) is 2. The fraction of sp³-hybridized carbons (Fsp3) is 0.368. The summed E-state index contributed by atoms with van der Waals surface area (Å²) in [5.41, 5.74) is 3.83. The molecule has 5 nitrogen and oxygen atoms in total. The van der Waals surface area contributed by atoms with E-state index in [1.54, 1.807) is 0 Å². The van der Waals surface area contributed by atoms with Gasteiger partial charge < -0.3 is 15.0 Å². The van der Waals surface area contributed by atoms with Gasteiger partial charge in [0.2, 0.25) is 0 Å². The van der Waals surface area contributed by atoms with Gasteiger partial charge in [0.25, 0.3) is 5.91 Å². The van der Waals surface area contributed by atoms with E-state index in [2.05, 4.69) is 22.0 Å². The third kappa shape index (κ3) is 3.20. The number of carboxylic acid groups (broad SMARTS) is 1. The Balaban J connectivity index is 1.69. The fourth-order valence-electron chi connectivity index (χ4n) is 3.24. The predicted molar refractivity (Wildman–Crippen MR) is 91.1 cm³/mol. The summed E-state index contributed by atoms with van der Waals surface area (Å²) in [7, 11) is 0. The zero-order valence-electron chi connectivity index (χ0n) is 14.0. The van der Waals surface area contributed by atoms with Crippen LogP contribution in [0.2, 0.25) is 0 Å². The summed E-state index contributed by atoms with van der Waals surface area (Å²) in [6.07, 6.45) is 1.04. The van der Waals surface area contributed by atoms with Crippen molar-refractivity contribution in [3.05, 3.63) is 58.9 Å². The molecule has 1 aliphatic carbocycles. The van der Waals surface area contributed by atoms with Crippen molar-refractivity contribution in [2.45, 2.75) is 39.3 Å². The molecular formula is C19H22N2O3. The van der Waals surface area contributed by atoms with Crippen molar-refractivity contribution in [2.24, 2.45) is 5.92 Å². The van der Waals surface area contributed by atoms with Crippen molar-refractivity contribution in [3.8, 4) is 0 Å². The third-order valence-corrected chi connectivity index (χ3v) is 4.82. The van der Waals surface area contributed by atoms with Crippen LogP contribution in [-0.2, 0) is 11.3 Å². The average molecular weight is 326 g/mol. The first-order valence-electron chi connectivity index (χ1n) is 8.20. The van der Waals surface area contributed by atoms with E-state index in [1.165, 1.54) is 5.56 Å². The van der Waals surface area contributed by atoms with Crippen molar-refractivity contribution in [3.63, 3.8) is 0 Å². The number of aliphatic carboxylic acids is 1. The van der Waals surface area contributed by atoms with Gasteiger partial charge in [-0.1, -0.05) is 30.3 Å². The van der Waals surface area contributed by atoms with E-state index < -0.39 is 5.97 Å². The van der Waals surface area contributed by atoms with Crippen molar-refractivity contribution in [1.82, 2.24) is 9.88 Å². The molecule has 1 saturated carbocycles. The van der Waals surface area contributed by atoms with Crippen LogP contribution in [0.15, 0.2) is 36.4 Å². The van der Waals surface area contributed by atoms with Crippen molar-refractivity contribution in [1.29, 1.82) is 0 Å². The number of hydrogen-bond acceptors (Lipinski definition) is 2. The van der Waals surface area contributed by atoms with Crippen LogP contribution in [0.3, 0.4) is 0 Å². The first-order valence-corrected chi connectivity index (χ1v) is 8.20. The van der Waals surface area contributed by atoms with Crippen LogP contribution < -0.4 is 5.32 Å². The van der Waals surface area contributed by atoms with Crippen molar-refractivity contribution >= 4 is 11.9 Å². The Bertz CT molecular complexity index is 758. The zero-order valence-corrected chi connectivity index (χ0v) is 14.0. The maximum atomic E-state index is 12.5. The van der Waals surface area contributed by atoms with E-state index in [1.807, 2.05) is 38.1 Å². The second-order valence-electron chi connectivity index (χ2n) is 6.53. The van der Waals surface area contributed by atoms with Crippen LogP contribution in [0.4, 0.5) is 0 Å². The number of nitrogens with one attached hydrogen (secondary N) is 1. The minimum Gasteiger partial charge on any atom is -0.481 e. The van der Waals surface area contributed by atoms with Gasteiger partial charge in [-0.15, -0.1) is 0 Å². The standard InChI is InChI=1S/C19H22N2O3/c1-12-8-17(18(22)20-16-9-15(10-16)19(23)24)13(2)21(12)11-14-6-4-3-5-7-14/h3-8,15-16H,9-11H2,1-2H3,(H,20,22)(H,23,24). The maximum absolute atomic E-state index is 12.5. The van der Waals surface area contributed by atoms with Crippen LogP contribution in [-0.4, -0.2) is 27.6 Å². The molecule has 0 atom stereocenters. The van der Waals surface area contributed by atoms with Gasteiger partial charge in [0.15, 0.2) is 0 Å². The van der Waals surface area contributed by atoms with Gasteiger partial charge in [-0.05, 0) is 38.3 Å². The largest absolute Gasteiger partial charge is 0.481 e. The third-order valence-electron chi connectivity index (χ3n) is 4.82. The molecule has 0 aliphatic heterocycles. The average Bonchev–Trinajstić information content (AvgIpc) is 2.79. The smallest absolute Gasteiger partial charge is 0.306 e. The SMILES string of the molecule is Cc1cc(C(=O)NC2CC(C(=O)O)C2)c(C)n1Cc1ccccc1. The van der Waals surface area contributed by atoms with Gasteiger partial charge in [-0.25, -0.2) is 0 Å². The predicted octanol–water partition coefficient (Wildman–Crippen LogP) is 2.75. The number of carboxylic acids is 1. The van der Waals surface area contributed by atoms with Crippen LogP contribution in [0.25, 0.3) is 0 Å². The van der Waals surface area contributed by atoms with Gasteiger partial charge in [0.05, 0.1) is 11.5 Å². The van der Waals surface area contributed by atoms with Crippen LogP contribution in [0.5, 0.6) is 0 Å². The molecule has 0 bridgehead atoms. The fourth-order valence-corrected chi connectivity index (χ4v) is 3.24. The Morgan fingerprint density at radius 2 is 1.88 bits per heavy atom. The Labute approximate surface area is 141 Å². The number of benzene rings is 1. The molecule has 0 unspecified atom stereocenters. The number of rotatable bonds is 5. The van der Waals surface area contributed by atoms with Crippen LogP contribution >= 0.6 is 0 Å². The number of amides is 1. The van der Waals surface area contributed by atoms with Crippen LogP contribution in [0.1, 0.15) is 40.2 Å². The lowest BCUT2D eigenvalue weighted by Crippen LogP contribution is -2.46. The van der Waals surface area contributed by atoms with Crippen LogP contribution in [0, 0.1) is 19.8 Å². The molecule has 1 heterocycles.